The van der Waals surface area contributed by atoms with Gasteiger partial charge >= 0.3 is 0 Å². The first kappa shape index (κ1) is 20.2. The Kier molecular flexibility index (Phi) is 6.07. The van der Waals surface area contributed by atoms with Crippen molar-refractivity contribution in [2.75, 3.05) is 6.61 Å². The molecule has 0 aromatic heterocycles. The number of ether oxygens (including phenoxy) is 3. The average Bonchev–Trinajstić information content (AvgIpc) is 2.87. The average molecular weight is 423 g/mol. The lowest BCUT2D eigenvalue weighted by molar-refractivity contribution is 0.257. The van der Waals surface area contributed by atoms with Crippen LogP contribution >= 0.6 is 0 Å². The lowest BCUT2D eigenvalue weighted by atomic mass is 9.90. The van der Waals surface area contributed by atoms with E-state index in [-0.39, 0.29) is 0 Å². The van der Waals surface area contributed by atoms with E-state index in [0.29, 0.717) is 25.7 Å². The predicted molar refractivity (Wildman–Crippen MR) is 126 cm³/mol. The van der Waals surface area contributed by atoms with Gasteiger partial charge in [0.2, 0.25) is 0 Å². The van der Waals surface area contributed by atoms with Gasteiger partial charge in [-0.05, 0) is 46.9 Å². The zero-order valence-electron chi connectivity index (χ0n) is 17.9. The van der Waals surface area contributed by atoms with Crippen molar-refractivity contribution in [3.8, 4) is 17.2 Å². The minimum atomic E-state index is 0.335. The fourth-order valence-corrected chi connectivity index (χ4v) is 3.97. The van der Waals surface area contributed by atoms with E-state index in [1.54, 1.807) is 0 Å². The molecule has 5 rings (SSSR count). The molecule has 1 atom stereocenters. The molecule has 1 heterocycles. The van der Waals surface area contributed by atoms with Gasteiger partial charge in [0, 0.05) is 12.0 Å². The van der Waals surface area contributed by atoms with Crippen molar-refractivity contribution in [3.63, 3.8) is 0 Å². The van der Waals surface area contributed by atoms with Crippen LogP contribution in [-0.2, 0) is 19.6 Å². The summed E-state index contributed by atoms with van der Waals surface area (Å²) >= 11 is 0. The van der Waals surface area contributed by atoms with Gasteiger partial charge in [-0.3, -0.25) is 0 Å². The number of hydrogen-bond donors (Lipinski definition) is 0. The van der Waals surface area contributed by atoms with Crippen LogP contribution in [0.5, 0.6) is 17.2 Å². The van der Waals surface area contributed by atoms with Crippen molar-refractivity contribution in [2.45, 2.75) is 25.6 Å². The van der Waals surface area contributed by atoms with Gasteiger partial charge < -0.3 is 14.2 Å². The van der Waals surface area contributed by atoms with Crippen LogP contribution in [-0.4, -0.2) is 6.61 Å². The highest BCUT2D eigenvalue weighted by Gasteiger charge is 2.22. The van der Waals surface area contributed by atoms with Gasteiger partial charge in [0.05, 0.1) is 6.61 Å². The van der Waals surface area contributed by atoms with E-state index in [2.05, 4.69) is 42.5 Å². The van der Waals surface area contributed by atoms with Crippen LogP contribution in [0.15, 0.2) is 103 Å². The zero-order valence-corrected chi connectivity index (χ0v) is 17.9. The van der Waals surface area contributed by atoms with Crippen LogP contribution < -0.4 is 14.2 Å². The van der Waals surface area contributed by atoms with Gasteiger partial charge in [-0.15, -0.1) is 0 Å². The first-order chi connectivity index (χ1) is 15.8. The molecule has 1 unspecified atom stereocenters. The minimum absolute atomic E-state index is 0.335. The van der Waals surface area contributed by atoms with Crippen molar-refractivity contribution >= 4 is 0 Å². The SMILES string of the molecule is c1ccc(COc2ccc(C3COc4cc(OCc5ccccc5)ccc4C3)cc2)cc1. The van der Waals surface area contributed by atoms with Crippen molar-refractivity contribution in [3.05, 3.63) is 125 Å². The fraction of sp³-hybridized carbons (Fsp3) is 0.172. The maximum Gasteiger partial charge on any atom is 0.126 e. The molecule has 0 bridgehead atoms. The second-order valence-electron chi connectivity index (χ2n) is 8.10. The normalized spacial score (nSPS) is 14.8. The highest BCUT2D eigenvalue weighted by molar-refractivity contribution is 5.44. The quantitative estimate of drug-likeness (QED) is 0.337. The molecule has 3 nitrogen and oxygen atoms in total. The van der Waals surface area contributed by atoms with Crippen LogP contribution in [0.4, 0.5) is 0 Å². The minimum Gasteiger partial charge on any atom is -0.493 e. The smallest absolute Gasteiger partial charge is 0.126 e. The van der Waals surface area contributed by atoms with Crippen molar-refractivity contribution < 1.29 is 14.2 Å². The number of hydrogen-bond acceptors (Lipinski definition) is 3. The molecule has 1 aliphatic heterocycles. The zero-order chi connectivity index (χ0) is 21.6. The third-order valence-corrected chi connectivity index (χ3v) is 5.79. The summed E-state index contributed by atoms with van der Waals surface area (Å²) < 4.78 is 18.0. The summed E-state index contributed by atoms with van der Waals surface area (Å²) in [6.45, 7) is 1.80. The van der Waals surface area contributed by atoms with Gasteiger partial charge in [-0.2, -0.15) is 0 Å². The summed E-state index contributed by atoms with van der Waals surface area (Å²) in [6, 6.07) is 35.0. The van der Waals surface area contributed by atoms with Crippen LogP contribution in [0, 0.1) is 0 Å². The molecule has 1 aliphatic rings. The lowest BCUT2D eigenvalue weighted by Crippen LogP contribution is -2.19. The van der Waals surface area contributed by atoms with Crippen LogP contribution in [0.1, 0.15) is 28.2 Å². The van der Waals surface area contributed by atoms with E-state index in [9.17, 15) is 0 Å². The van der Waals surface area contributed by atoms with Crippen molar-refractivity contribution in [2.24, 2.45) is 0 Å². The summed E-state index contributed by atoms with van der Waals surface area (Å²) in [4.78, 5) is 0. The Balaban J connectivity index is 1.18. The topological polar surface area (TPSA) is 27.7 Å². The molecule has 0 radical (unpaired) electrons. The Morgan fingerprint density at radius 2 is 1.25 bits per heavy atom. The van der Waals surface area contributed by atoms with E-state index in [1.165, 1.54) is 16.7 Å². The Labute approximate surface area is 189 Å². The highest BCUT2D eigenvalue weighted by atomic mass is 16.5. The monoisotopic (exact) mass is 422 g/mol. The summed E-state index contributed by atoms with van der Waals surface area (Å²) in [7, 11) is 0. The van der Waals surface area contributed by atoms with E-state index >= 15 is 0 Å². The van der Waals surface area contributed by atoms with E-state index in [1.807, 2.05) is 60.7 Å². The molecule has 0 fully saturated rings. The molecule has 0 spiro atoms. The Hall–Kier alpha value is -3.72. The molecular weight excluding hydrogens is 396 g/mol. The first-order valence-corrected chi connectivity index (χ1v) is 11.0. The molecule has 0 amide bonds. The molecule has 32 heavy (non-hydrogen) atoms. The second kappa shape index (κ2) is 9.61. The Morgan fingerprint density at radius 3 is 1.91 bits per heavy atom. The van der Waals surface area contributed by atoms with E-state index in [4.69, 9.17) is 14.2 Å². The van der Waals surface area contributed by atoms with Gasteiger partial charge in [-0.25, -0.2) is 0 Å². The molecule has 0 saturated carbocycles. The number of fused-ring (bicyclic) bond motifs is 1. The Morgan fingerprint density at radius 1 is 0.656 bits per heavy atom. The maximum atomic E-state index is 6.11. The first-order valence-electron chi connectivity index (χ1n) is 11.0. The standard InChI is InChI=1S/C29H26O3/c1-3-7-22(8-4-1)19-30-27-14-11-24(12-15-27)26-17-25-13-16-28(18-29(25)32-21-26)31-20-23-9-5-2-6-10-23/h1-16,18,26H,17,19-21H2. The van der Waals surface area contributed by atoms with Gasteiger partial charge in [0.25, 0.3) is 0 Å². The molecule has 4 aromatic rings. The summed E-state index contributed by atoms with van der Waals surface area (Å²) in [5.41, 5.74) is 4.81. The maximum absolute atomic E-state index is 6.11. The molecule has 160 valence electrons. The summed E-state index contributed by atoms with van der Waals surface area (Å²) in [6.07, 6.45) is 0.957. The van der Waals surface area contributed by atoms with Crippen LogP contribution in [0.25, 0.3) is 0 Å². The third-order valence-electron chi connectivity index (χ3n) is 5.79. The predicted octanol–water partition coefficient (Wildman–Crippen LogP) is 6.56. The van der Waals surface area contributed by atoms with Crippen LogP contribution in [0.3, 0.4) is 0 Å². The number of rotatable bonds is 7. The van der Waals surface area contributed by atoms with Gasteiger partial charge in [0.15, 0.2) is 0 Å². The molecular formula is C29H26O3. The molecule has 0 N–H and O–H groups in total. The molecule has 0 aliphatic carbocycles. The van der Waals surface area contributed by atoms with E-state index < -0.39 is 0 Å². The third kappa shape index (κ3) is 4.94. The Bertz CT molecular complexity index is 1140. The lowest BCUT2D eigenvalue weighted by Gasteiger charge is -2.26. The highest BCUT2D eigenvalue weighted by Crippen LogP contribution is 2.35. The van der Waals surface area contributed by atoms with Crippen LogP contribution in [0.2, 0.25) is 0 Å². The van der Waals surface area contributed by atoms with Crippen molar-refractivity contribution in [1.29, 1.82) is 0 Å². The van der Waals surface area contributed by atoms with E-state index in [0.717, 1.165) is 29.2 Å². The summed E-state index contributed by atoms with van der Waals surface area (Å²) in [5, 5.41) is 0. The van der Waals surface area contributed by atoms with Crippen molar-refractivity contribution in [1.82, 2.24) is 0 Å². The molecule has 3 heteroatoms. The molecule has 0 saturated heterocycles. The second-order valence-corrected chi connectivity index (χ2v) is 8.10. The molecule has 4 aromatic carbocycles. The number of benzene rings is 4. The van der Waals surface area contributed by atoms with Gasteiger partial charge in [-0.1, -0.05) is 78.9 Å². The van der Waals surface area contributed by atoms with Gasteiger partial charge in [0.1, 0.15) is 30.5 Å². The largest absolute Gasteiger partial charge is 0.493 e. The summed E-state index contributed by atoms with van der Waals surface area (Å²) in [5.74, 6) is 2.98. The fourth-order valence-electron chi connectivity index (χ4n) is 3.97.